The average Bonchev–Trinajstić information content (AvgIpc) is 3.19. The Bertz CT molecular complexity index is 634. The largest absolute Gasteiger partial charge is 0.377 e. The van der Waals surface area contributed by atoms with Crippen LogP contribution in [0, 0.1) is 5.92 Å². The number of nitrogens with zero attached hydrogens (tertiary/aromatic N) is 4. The van der Waals surface area contributed by atoms with Crippen LogP contribution in [-0.2, 0) is 22.6 Å². The van der Waals surface area contributed by atoms with Gasteiger partial charge in [0.25, 0.3) is 0 Å². The highest BCUT2D eigenvalue weighted by Gasteiger charge is 2.43. The van der Waals surface area contributed by atoms with Crippen molar-refractivity contribution in [3.05, 3.63) is 48.8 Å². The Kier molecular flexibility index (Phi) is 4.60. The van der Waals surface area contributed by atoms with E-state index < -0.39 is 0 Å². The molecule has 0 bridgehead atoms. The average molecular weight is 328 g/mol. The summed E-state index contributed by atoms with van der Waals surface area (Å²) in [5, 5.41) is 0. The first-order valence-electron chi connectivity index (χ1n) is 8.60. The number of imidazole rings is 1. The molecule has 0 unspecified atom stereocenters. The van der Waals surface area contributed by atoms with Crippen LogP contribution >= 0.6 is 0 Å². The van der Waals surface area contributed by atoms with Crippen molar-refractivity contribution in [3.8, 4) is 0 Å². The molecule has 0 amide bonds. The first-order chi connectivity index (χ1) is 11.8. The topological polar surface area (TPSA) is 52.4 Å². The van der Waals surface area contributed by atoms with Crippen molar-refractivity contribution >= 4 is 0 Å². The Hall–Kier alpha value is -1.76. The van der Waals surface area contributed by atoms with E-state index in [0.29, 0.717) is 12.5 Å². The van der Waals surface area contributed by atoms with Crippen molar-refractivity contribution in [2.45, 2.75) is 25.1 Å². The molecule has 128 valence electrons. The van der Waals surface area contributed by atoms with Gasteiger partial charge in [-0.3, -0.25) is 9.88 Å². The quantitative estimate of drug-likeness (QED) is 0.853. The van der Waals surface area contributed by atoms with Gasteiger partial charge in [0.2, 0.25) is 0 Å². The van der Waals surface area contributed by atoms with Gasteiger partial charge in [0.05, 0.1) is 26.1 Å². The molecule has 2 aliphatic rings. The molecule has 2 saturated heterocycles. The lowest BCUT2D eigenvalue weighted by Gasteiger charge is -2.31. The summed E-state index contributed by atoms with van der Waals surface area (Å²) in [6.07, 6.45) is 10.5. The van der Waals surface area contributed by atoms with Crippen LogP contribution in [0.1, 0.15) is 12.0 Å². The predicted octanol–water partition coefficient (Wildman–Crippen LogP) is 1.59. The number of pyridine rings is 1. The minimum absolute atomic E-state index is 0.177. The van der Waals surface area contributed by atoms with Crippen LogP contribution in [0.5, 0.6) is 0 Å². The van der Waals surface area contributed by atoms with Crippen LogP contribution in [0.25, 0.3) is 0 Å². The van der Waals surface area contributed by atoms with Crippen LogP contribution < -0.4 is 0 Å². The molecule has 1 spiro atoms. The van der Waals surface area contributed by atoms with Gasteiger partial charge >= 0.3 is 0 Å². The lowest BCUT2D eigenvalue weighted by molar-refractivity contribution is -0.0563. The highest BCUT2D eigenvalue weighted by molar-refractivity contribution is 5.08. The zero-order valence-corrected chi connectivity index (χ0v) is 13.9. The van der Waals surface area contributed by atoms with Gasteiger partial charge < -0.3 is 14.0 Å². The summed E-state index contributed by atoms with van der Waals surface area (Å²) in [5.74, 6) is 0.515. The molecular weight excluding hydrogens is 304 g/mol. The molecule has 0 aliphatic carbocycles. The Balaban J connectivity index is 1.40. The van der Waals surface area contributed by atoms with E-state index in [1.165, 1.54) is 5.56 Å². The molecule has 6 heteroatoms. The molecule has 2 fully saturated rings. The summed E-state index contributed by atoms with van der Waals surface area (Å²) < 4.78 is 14.3. The van der Waals surface area contributed by atoms with E-state index in [1.54, 1.807) is 0 Å². The fourth-order valence-corrected chi connectivity index (χ4v) is 3.83. The zero-order valence-electron chi connectivity index (χ0n) is 13.9. The first-order valence-corrected chi connectivity index (χ1v) is 8.60. The maximum Gasteiger partial charge on any atom is 0.104 e. The first kappa shape index (κ1) is 15.7. The minimum Gasteiger partial charge on any atom is -0.377 e. The Morgan fingerprint density at radius 3 is 3.12 bits per heavy atom. The van der Waals surface area contributed by atoms with Gasteiger partial charge in [-0.15, -0.1) is 0 Å². The standard InChI is InChI=1S/C18H24N4O2/c1-2-16(9-19-3-1)10-21-6-7-23-14-18(13-21)8-17(12-24-18)11-22-5-4-20-15-22/h1-5,9,15,17H,6-8,10-14H2/t17-,18-/m1/s1. The van der Waals surface area contributed by atoms with Gasteiger partial charge in [-0.1, -0.05) is 6.07 Å². The summed E-state index contributed by atoms with van der Waals surface area (Å²) >= 11 is 0. The van der Waals surface area contributed by atoms with Crippen molar-refractivity contribution in [3.63, 3.8) is 0 Å². The van der Waals surface area contributed by atoms with Gasteiger partial charge in [-0.25, -0.2) is 4.98 Å². The maximum absolute atomic E-state index is 6.27. The van der Waals surface area contributed by atoms with E-state index in [2.05, 4.69) is 25.5 Å². The highest BCUT2D eigenvalue weighted by atomic mass is 16.5. The summed E-state index contributed by atoms with van der Waals surface area (Å²) in [6.45, 7) is 5.96. The minimum atomic E-state index is -0.177. The maximum atomic E-state index is 6.27. The lowest BCUT2D eigenvalue weighted by atomic mass is 9.94. The number of aromatic nitrogens is 3. The van der Waals surface area contributed by atoms with Crippen molar-refractivity contribution < 1.29 is 9.47 Å². The van der Waals surface area contributed by atoms with Gasteiger partial charge in [0.15, 0.2) is 0 Å². The molecule has 2 aliphatic heterocycles. The van der Waals surface area contributed by atoms with E-state index >= 15 is 0 Å². The Morgan fingerprint density at radius 2 is 2.29 bits per heavy atom. The second kappa shape index (κ2) is 7.01. The second-order valence-corrected chi connectivity index (χ2v) is 6.95. The predicted molar refractivity (Wildman–Crippen MR) is 89.4 cm³/mol. The third-order valence-electron chi connectivity index (χ3n) is 4.87. The molecule has 4 rings (SSSR count). The summed E-state index contributed by atoms with van der Waals surface area (Å²) in [5.41, 5.74) is 1.06. The van der Waals surface area contributed by atoms with Crippen LogP contribution in [0.3, 0.4) is 0 Å². The highest BCUT2D eigenvalue weighted by Crippen LogP contribution is 2.33. The van der Waals surface area contributed by atoms with E-state index in [1.807, 2.05) is 37.2 Å². The van der Waals surface area contributed by atoms with Crippen LogP contribution in [-0.4, -0.2) is 57.9 Å². The fraction of sp³-hybridized carbons (Fsp3) is 0.556. The van der Waals surface area contributed by atoms with Crippen molar-refractivity contribution in [1.29, 1.82) is 0 Å². The lowest BCUT2D eigenvalue weighted by Crippen LogP contribution is -2.43. The number of hydrogen-bond donors (Lipinski definition) is 0. The number of rotatable bonds is 4. The molecule has 0 radical (unpaired) electrons. The molecule has 4 heterocycles. The molecule has 2 atom stereocenters. The van der Waals surface area contributed by atoms with E-state index in [-0.39, 0.29) is 5.60 Å². The van der Waals surface area contributed by atoms with Crippen LogP contribution in [0.15, 0.2) is 43.2 Å². The number of ether oxygens (including phenoxy) is 2. The Morgan fingerprint density at radius 1 is 1.29 bits per heavy atom. The van der Waals surface area contributed by atoms with Crippen LogP contribution in [0.2, 0.25) is 0 Å². The van der Waals surface area contributed by atoms with Gasteiger partial charge in [-0.05, 0) is 18.1 Å². The monoisotopic (exact) mass is 328 g/mol. The molecule has 24 heavy (non-hydrogen) atoms. The van der Waals surface area contributed by atoms with Gasteiger partial charge in [-0.2, -0.15) is 0 Å². The summed E-state index contributed by atoms with van der Waals surface area (Å²) in [7, 11) is 0. The molecule has 6 nitrogen and oxygen atoms in total. The molecule has 0 aromatic carbocycles. The van der Waals surface area contributed by atoms with E-state index in [4.69, 9.17) is 9.47 Å². The van der Waals surface area contributed by atoms with Crippen molar-refractivity contribution in [2.24, 2.45) is 5.92 Å². The smallest absolute Gasteiger partial charge is 0.104 e. The zero-order chi connectivity index (χ0) is 16.2. The SMILES string of the molecule is c1cncc(CN2CCOC[C@@]3(C[C@H](Cn4ccnc4)CO3)C2)c1. The molecule has 2 aromatic rings. The molecule has 0 saturated carbocycles. The van der Waals surface area contributed by atoms with Gasteiger partial charge in [0.1, 0.15) is 5.60 Å². The molecule has 0 N–H and O–H groups in total. The van der Waals surface area contributed by atoms with E-state index in [9.17, 15) is 0 Å². The second-order valence-electron chi connectivity index (χ2n) is 6.95. The normalized spacial score (nSPS) is 28.2. The van der Waals surface area contributed by atoms with Crippen molar-refractivity contribution in [2.75, 3.05) is 32.9 Å². The summed E-state index contributed by atoms with van der Waals surface area (Å²) in [4.78, 5) is 10.8. The Labute approximate surface area is 142 Å². The van der Waals surface area contributed by atoms with Gasteiger partial charge in [0, 0.05) is 56.9 Å². The molecular formula is C18H24N4O2. The number of hydrogen-bond acceptors (Lipinski definition) is 5. The third kappa shape index (κ3) is 3.66. The third-order valence-corrected chi connectivity index (χ3v) is 4.87. The molecule has 2 aromatic heterocycles. The summed E-state index contributed by atoms with van der Waals surface area (Å²) in [6, 6.07) is 4.12. The fourth-order valence-electron chi connectivity index (χ4n) is 3.83. The van der Waals surface area contributed by atoms with Crippen LogP contribution in [0.4, 0.5) is 0 Å². The van der Waals surface area contributed by atoms with E-state index in [0.717, 1.165) is 45.8 Å². The van der Waals surface area contributed by atoms with Crippen molar-refractivity contribution in [1.82, 2.24) is 19.4 Å².